The number of methoxy groups -OCH3 is 2. The number of esters is 1. The van der Waals surface area contributed by atoms with Crippen molar-refractivity contribution in [2.24, 2.45) is 5.92 Å². The number of H-pyrrole nitrogens is 1. The minimum atomic E-state index is -0.434. The second-order valence-electron chi connectivity index (χ2n) is 11.7. The van der Waals surface area contributed by atoms with Crippen molar-refractivity contribution in [2.45, 2.75) is 76.2 Å². The number of nitrogens with zero attached hydrogens (tertiary/aromatic N) is 2. The maximum Gasteiger partial charge on any atom is 0.308 e. The average molecular weight is 534 g/mol. The Morgan fingerprint density at radius 2 is 1.82 bits per heavy atom. The van der Waals surface area contributed by atoms with Crippen LogP contribution in [0.5, 0.6) is 11.5 Å². The number of aromatic nitrogens is 2. The Morgan fingerprint density at radius 1 is 1.08 bits per heavy atom. The summed E-state index contributed by atoms with van der Waals surface area (Å²) in [6.45, 7) is 5.70. The number of hydrogen-bond acceptors (Lipinski definition) is 6. The zero-order valence-electron chi connectivity index (χ0n) is 24.1. The van der Waals surface area contributed by atoms with Gasteiger partial charge < -0.3 is 24.1 Å². The predicted molar refractivity (Wildman–Crippen MR) is 154 cm³/mol. The first-order chi connectivity index (χ1) is 18.8. The number of benzene rings is 2. The summed E-state index contributed by atoms with van der Waals surface area (Å²) in [5, 5.41) is 0. The van der Waals surface area contributed by atoms with Gasteiger partial charge in [-0.05, 0) is 68.5 Å². The zero-order chi connectivity index (χ0) is 27.6. The number of carbonyl (C=O) groups is 1. The van der Waals surface area contributed by atoms with Gasteiger partial charge in [-0.1, -0.05) is 44.5 Å². The van der Waals surface area contributed by atoms with Crippen molar-refractivity contribution in [3.05, 3.63) is 53.3 Å². The largest absolute Gasteiger partial charge is 0.494 e. The Labute approximate surface area is 232 Å². The molecule has 1 heterocycles. The highest BCUT2D eigenvalue weighted by Gasteiger charge is 2.50. The van der Waals surface area contributed by atoms with E-state index >= 15 is 0 Å². The Bertz CT molecular complexity index is 1260. The van der Waals surface area contributed by atoms with Crippen molar-refractivity contribution < 1.29 is 19.0 Å². The molecule has 3 aliphatic carbocycles. The normalized spacial score (nSPS) is 22.2. The molecular formula is C32H43N3O4. The van der Waals surface area contributed by atoms with Gasteiger partial charge in [-0.2, -0.15) is 0 Å². The Balaban J connectivity index is 1.26. The molecule has 39 heavy (non-hydrogen) atoms. The number of hydrogen-bond donors (Lipinski definition) is 1. The maximum atomic E-state index is 13.0. The summed E-state index contributed by atoms with van der Waals surface area (Å²) < 4.78 is 17.5. The van der Waals surface area contributed by atoms with E-state index in [2.05, 4.69) is 41.2 Å². The summed E-state index contributed by atoms with van der Waals surface area (Å²) in [6, 6.07) is 12.7. The minimum Gasteiger partial charge on any atom is -0.494 e. The fraction of sp³-hybridized carbons (Fsp3) is 0.562. The Kier molecular flexibility index (Phi) is 8.17. The van der Waals surface area contributed by atoms with Gasteiger partial charge in [0.15, 0.2) is 0 Å². The van der Waals surface area contributed by atoms with Crippen molar-refractivity contribution in [3.63, 3.8) is 0 Å². The quantitative estimate of drug-likeness (QED) is 0.295. The van der Waals surface area contributed by atoms with Crippen LogP contribution in [0.3, 0.4) is 0 Å². The molecule has 7 heteroatoms. The van der Waals surface area contributed by atoms with E-state index in [0.717, 1.165) is 73.6 Å². The number of nitrogens with one attached hydrogen (secondary N) is 1. The fourth-order valence-corrected chi connectivity index (χ4v) is 6.71. The molecule has 3 atom stereocenters. The molecule has 0 unspecified atom stereocenters. The number of aryl methyl sites for hydroxylation is 1. The molecule has 2 aromatic carbocycles. The summed E-state index contributed by atoms with van der Waals surface area (Å²) >= 11 is 0. The topological polar surface area (TPSA) is 76.7 Å². The second kappa shape index (κ2) is 11.6. The zero-order valence-corrected chi connectivity index (χ0v) is 24.1. The molecule has 1 saturated carbocycles. The highest BCUT2D eigenvalue weighted by Crippen LogP contribution is 2.55. The number of ether oxygens (including phenoxy) is 3. The van der Waals surface area contributed by atoms with Gasteiger partial charge in [0.05, 0.1) is 20.1 Å². The lowest BCUT2D eigenvalue weighted by molar-refractivity contribution is -0.170. The van der Waals surface area contributed by atoms with E-state index in [0.29, 0.717) is 5.92 Å². The SMILES string of the molecule is COc1ccc(OC)c2[nH]c(CCCN(C)CC[C@@]3(OC(=O)C(C)C)C[C@@H]4CCC[C@H]3c3ccccc34)nc12. The molecule has 2 bridgehead atoms. The van der Waals surface area contributed by atoms with Gasteiger partial charge in [-0.25, -0.2) is 4.98 Å². The number of imidazole rings is 1. The molecular weight excluding hydrogens is 490 g/mol. The molecule has 1 N–H and O–H groups in total. The lowest BCUT2D eigenvalue weighted by atomic mass is 9.67. The van der Waals surface area contributed by atoms with Gasteiger partial charge in [0.2, 0.25) is 0 Å². The van der Waals surface area contributed by atoms with E-state index in [1.807, 2.05) is 26.0 Å². The van der Waals surface area contributed by atoms with Crippen LogP contribution in [0.2, 0.25) is 0 Å². The first-order valence-electron chi connectivity index (χ1n) is 14.4. The van der Waals surface area contributed by atoms with E-state index in [4.69, 9.17) is 19.2 Å². The highest BCUT2D eigenvalue weighted by molar-refractivity contribution is 5.87. The van der Waals surface area contributed by atoms with Gasteiger partial charge >= 0.3 is 5.97 Å². The summed E-state index contributed by atoms with van der Waals surface area (Å²) in [7, 11) is 5.50. The van der Waals surface area contributed by atoms with Crippen LogP contribution in [0.1, 0.15) is 81.2 Å². The third-order valence-electron chi connectivity index (χ3n) is 8.79. The number of aromatic amines is 1. The van der Waals surface area contributed by atoms with Gasteiger partial charge in [0.25, 0.3) is 0 Å². The van der Waals surface area contributed by atoms with Gasteiger partial charge in [-0.3, -0.25) is 4.79 Å². The predicted octanol–water partition coefficient (Wildman–Crippen LogP) is 6.23. The van der Waals surface area contributed by atoms with Crippen molar-refractivity contribution in [2.75, 3.05) is 34.4 Å². The number of fused-ring (bicyclic) bond motifs is 4. The van der Waals surface area contributed by atoms with E-state index in [-0.39, 0.29) is 17.8 Å². The van der Waals surface area contributed by atoms with Crippen molar-refractivity contribution in [3.8, 4) is 11.5 Å². The van der Waals surface area contributed by atoms with E-state index < -0.39 is 5.60 Å². The maximum absolute atomic E-state index is 13.0. The molecule has 1 fully saturated rings. The monoisotopic (exact) mass is 533 g/mol. The molecule has 3 aliphatic rings. The van der Waals surface area contributed by atoms with Crippen molar-refractivity contribution in [1.82, 2.24) is 14.9 Å². The summed E-state index contributed by atoms with van der Waals surface area (Å²) in [4.78, 5) is 23.6. The lowest BCUT2D eigenvalue weighted by Gasteiger charge is -2.46. The Hall–Kier alpha value is -3.06. The van der Waals surface area contributed by atoms with Crippen molar-refractivity contribution >= 4 is 17.0 Å². The van der Waals surface area contributed by atoms with Crippen LogP contribution in [0, 0.1) is 5.92 Å². The third-order valence-corrected chi connectivity index (χ3v) is 8.79. The molecule has 3 aromatic rings. The van der Waals surface area contributed by atoms with Crippen LogP contribution in [0.4, 0.5) is 0 Å². The second-order valence-corrected chi connectivity index (χ2v) is 11.7. The third kappa shape index (κ3) is 5.51. The molecule has 1 aromatic heterocycles. The van der Waals surface area contributed by atoms with Crippen LogP contribution < -0.4 is 9.47 Å². The lowest BCUT2D eigenvalue weighted by Crippen LogP contribution is -2.47. The molecule has 210 valence electrons. The number of carbonyl (C=O) groups excluding carboxylic acids is 1. The Morgan fingerprint density at radius 3 is 2.56 bits per heavy atom. The highest BCUT2D eigenvalue weighted by atomic mass is 16.6. The standard InChI is InChI=1S/C32H43N3O4/c1-21(2)31(36)39-32(20-22-10-8-13-25(32)24-12-7-6-11-23(22)24)17-19-35(3)18-9-14-28-33-29-26(37-4)15-16-27(38-5)30(29)34-28/h6-7,11-12,15-16,21-22,25H,8-10,13-14,17-20H2,1-5H3,(H,33,34)/t22-,25-,32+/m0/s1. The van der Waals surface area contributed by atoms with E-state index in [1.165, 1.54) is 24.0 Å². The van der Waals surface area contributed by atoms with Crippen LogP contribution >= 0.6 is 0 Å². The van der Waals surface area contributed by atoms with Crippen molar-refractivity contribution in [1.29, 1.82) is 0 Å². The first-order valence-corrected chi connectivity index (χ1v) is 14.4. The molecule has 0 aliphatic heterocycles. The summed E-state index contributed by atoms with van der Waals surface area (Å²) in [6.07, 6.45) is 7.04. The molecule has 7 nitrogen and oxygen atoms in total. The average Bonchev–Trinajstić information content (AvgIpc) is 3.17. The van der Waals surface area contributed by atoms with Gasteiger partial charge in [0.1, 0.15) is 34.0 Å². The fourth-order valence-electron chi connectivity index (χ4n) is 6.71. The molecule has 0 saturated heterocycles. The number of rotatable bonds is 11. The van der Waals surface area contributed by atoms with Crippen LogP contribution in [-0.2, 0) is 16.0 Å². The summed E-state index contributed by atoms with van der Waals surface area (Å²) in [5.74, 6) is 2.97. The van der Waals surface area contributed by atoms with E-state index in [9.17, 15) is 4.79 Å². The van der Waals surface area contributed by atoms with Gasteiger partial charge in [0, 0.05) is 25.3 Å². The molecule has 0 radical (unpaired) electrons. The van der Waals surface area contributed by atoms with Gasteiger partial charge in [-0.15, -0.1) is 0 Å². The first kappa shape index (κ1) is 27.5. The van der Waals surface area contributed by atoms with Crippen LogP contribution in [-0.4, -0.2) is 60.8 Å². The minimum absolute atomic E-state index is 0.0709. The van der Waals surface area contributed by atoms with Crippen LogP contribution in [0.25, 0.3) is 11.0 Å². The molecule has 0 amide bonds. The summed E-state index contributed by atoms with van der Waals surface area (Å²) in [5.41, 5.74) is 4.12. The molecule has 6 rings (SSSR count). The smallest absolute Gasteiger partial charge is 0.308 e. The van der Waals surface area contributed by atoms with E-state index in [1.54, 1.807) is 14.2 Å². The molecule has 0 spiro atoms. The van der Waals surface area contributed by atoms with Crippen LogP contribution in [0.15, 0.2) is 36.4 Å².